The summed E-state index contributed by atoms with van der Waals surface area (Å²) in [5, 5.41) is 7.05. The molecule has 2 heterocycles. The van der Waals surface area contributed by atoms with Gasteiger partial charge in [0.05, 0.1) is 16.8 Å². The zero-order chi connectivity index (χ0) is 13.4. The maximum atomic E-state index is 11.3. The number of nitrogens with zero attached hydrogens (tertiary/aromatic N) is 4. The molecule has 0 unspecified atom stereocenters. The van der Waals surface area contributed by atoms with Gasteiger partial charge in [0.2, 0.25) is 0 Å². The molecule has 1 N–H and O–H groups in total. The molecule has 0 aliphatic carbocycles. The predicted molar refractivity (Wildman–Crippen MR) is 74.1 cm³/mol. The van der Waals surface area contributed by atoms with Crippen molar-refractivity contribution >= 4 is 22.8 Å². The topological polar surface area (TPSA) is 68.5 Å². The third kappa shape index (κ3) is 2.06. The van der Waals surface area contributed by atoms with Crippen LogP contribution in [-0.4, -0.2) is 24.3 Å². The lowest BCUT2D eigenvalue weighted by Gasteiger charge is -2.01. The summed E-state index contributed by atoms with van der Waals surface area (Å²) in [6.45, 7) is 0. The number of nitrogens with one attached hydrogen (secondary N) is 1. The Bertz CT molecular complexity index is 785. The van der Waals surface area contributed by atoms with E-state index in [-0.39, 0.29) is 5.69 Å². The van der Waals surface area contributed by atoms with Crippen LogP contribution in [0.1, 0.15) is 5.82 Å². The molecule has 0 saturated heterocycles. The van der Waals surface area contributed by atoms with Crippen molar-refractivity contribution in [2.24, 2.45) is 14.1 Å². The number of aromatic amines is 1. The molecule has 0 amide bonds. The molecule has 3 aromatic rings. The van der Waals surface area contributed by atoms with Crippen molar-refractivity contribution in [1.29, 1.82) is 0 Å². The van der Waals surface area contributed by atoms with Gasteiger partial charge in [-0.25, -0.2) is 14.9 Å². The molecular weight excluding hydrogens is 262 g/mol. The summed E-state index contributed by atoms with van der Waals surface area (Å²) in [4.78, 5) is 15.9. The third-order valence-corrected chi connectivity index (χ3v) is 4.07. The molecule has 0 aliphatic heterocycles. The molecule has 0 spiro atoms. The van der Waals surface area contributed by atoms with Gasteiger partial charge in [0, 0.05) is 14.1 Å². The zero-order valence-corrected chi connectivity index (χ0v) is 11.4. The highest BCUT2D eigenvalue weighted by molar-refractivity contribution is 7.98. The Hall–Kier alpha value is -2.02. The van der Waals surface area contributed by atoms with Gasteiger partial charge in [-0.1, -0.05) is 23.9 Å². The normalized spacial score (nSPS) is 11.3. The average Bonchev–Trinajstić information content (AvgIpc) is 2.91. The average molecular weight is 275 g/mol. The number of benzene rings is 1. The molecular formula is C12H13N5OS. The number of fused-ring (bicyclic) bond motifs is 1. The summed E-state index contributed by atoms with van der Waals surface area (Å²) in [5.41, 5.74) is 1.89. The predicted octanol–water partition coefficient (Wildman–Crippen LogP) is 1.29. The maximum Gasteiger partial charge on any atom is 0.343 e. The number of imidazole rings is 1. The fourth-order valence-electron chi connectivity index (χ4n) is 1.92. The van der Waals surface area contributed by atoms with E-state index in [2.05, 4.69) is 19.7 Å². The molecule has 0 aliphatic rings. The Morgan fingerprint density at radius 3 is 2.74 bits per heavy atom. The first kappa shape index (κ1) is 12.0. The summed E-state index contributed by atoms with van der Waals surface area (Å²) in [5.74, 6) is 1.63. The first-order chi connectivity index (χ1) is 9.16. The lowest BCUT2D eigenvalue weighted by molar-refractivity contribution is 0.764. The number of aryl methyl sites for hydroxylation is 1. The largest absolute Gasteiger partial charge is 0.343 e. The molecule has 7 heteroatoms. The van der Waals surface area contributed by atoms with Crippen molar-refractivity contribution in [3.05, 3.63) is 40.6 Å². The van der Waals surface area contributed by atoms with Crippen molar-refractivity contribution in [1.82, 2.24) is 24.3 Å². The van der Waals surface area contributed by atoms with Gasteiger partial charge >= 0.3 is 5.69 Å². The van der Waals surface area contributed by atoms with E-state index in [1.807, 2.05) is 31.3 Å². The minimum absolute atomic E-state index is 0.201. The maximum absolute atomic E-state index is 11.3. The van der Waals surface area contributed by atoms with Gasteiger partial charge in [0.25, 0.3) is 0 Å². The molecule has 0 saturated carbocycles. The number of H-pyrrole nitrogens is 1. The van der Waals surface area contributed by atoms with E-state index in [0.29, 0.717) is 10.9 Å². The minimum Gasteiger partial charge on any atom is -0.330 e. The van der Waals surface area contributed by atoms with Gasteiger partial charge in [-0.3, -0.25) is 4.57 Å². The summed E-state index contributed by atoms with van der Waals surface area (Å²) >= 11 is 1.49. The van der Waals surface area contributed by atoms with E-state index in [4.69, 9.17) is 0 Å². The molecule has 98 valence electrons. The first-order valence-corrected chi connectivity index (χ1v) is 6.80. The van der Waals surface area contributed by atoms with E-state index in [1.54, 1.807) is 7.05 Å². The number of rotatable bonds is 3. The first-order valence-electron chi connectivity index (χ1n) is 5.81. The Morgan fingerprint density at radius 2 is 2.05 bits per heavy atom. The van der Waals surface area contributed by atoms with Crippen molar-refractivity contribution in [3.63, 3.8) is 0 Å². The molecule has 6 nitrogen and oxygen atoms in total. The Labute approximate surface area is 113 Å². The number of hydrogen-bond acceptors (Lipinski definition) is 4. The summed E-state index contributed by atoms with van der Waals surface area (Å²) in [6.07, 6.45) is 0. The molecule has 2 aromatic heterocycles. The highest BCUT2D eigenvalue weighted by Crippen LogP contribution is 2.21. The Morgan fingerprint density at radius 1 is 1.26 bits per heavy atom. The van der Waals surface area contributed by atoms with E-state index >= 15 is 0 Å². The number of thioether (sulfide) groups is 1. The SMILES string of the molecule is Cn1c(SCc2nc3ccccc3n2C)n[nH]c1=O. The highest BCUT2D eigenvalue weighted by atomic mass is 32.2. The molecule has 0 fully saturated rings. The summed E-state index contributed by atoms with van der Waals surface area (Å²) < 4.78 is 3.56. The Kier molecular flexibility index (Phi) is 2.90. The van der Waals surface area contributed by atoms with Crippen LogP contribution < -0.4 is 5.69 Å². The van der Waals surface area contributed by atoms with Crippen LogP contribution in [0.15, 0.2) is 34.2 Å². The van der Waals surface area contributed by atoms with E-state index in [1.165, 1.54) is 16.3 Å². The summed E-state index contributed by atoms with van der Waals surface area (Å²) in [6, 6.07) is 8.01. The molecule has 19 heavy (non-hydrogen) atoms. The second kappa shape index (κ2) is 4.58. The van der Waals surface area contributed by atoms with Crippen LogP contribution in [-0.2, 0) is 19.8 Å². The van der Waals surface area contributed by atoms with Crippen LogP contribution in [0.4, 0.5) is 0 Å². The van der Waals surface area contributed by atoms with Crippen LogP contribution >= 0.6 is 11.8 Å². The minimum atomic E-state index is -0.201. The second-order valence-electron chi connectivity index (χ2n) is 4.23. The summed E-state index contributed by atoms with van der Waals surface area (Å²) in [7, 11) is 3.69. The monoisotopic (exact) mass is 275 g/mol. The van der Waals surface area contributed by atoms with E-state index in [9.17, 15) is 4.79 Å². The second-order valence-corrected chi connectivity index (χ2v) is 5.18. The van der Waals surface area contributed by atoms with E-state index < -0.39 is 0 Å². The molecule has 1 aromatic carbocycles. The lowest BCUT2D eigenvalue weighted by Crippen LogP contribution is -2.12. The Balaban J connectivity index is 1.88. The smallest absolute Gasteiger partial charge is 0.330 e. The van der Waals surface area contributed by atoms with Crippen LogP contribution in [0, 0.1) is 0 Å². The van der Waals surface area contributed by atoms with Crippen LogP contribution in [0.25, 0.3) is 11.0 Å². The van der Waals surface area contributed by atoms with Crippen molar-refractivity contribution < 1.29 is 0 Å². The van der Waals surface area contributed by atoms with Crippen molar-refractivity contribution in [3.8, 4) is 0 Å². The van der Waals surface area contributed by atoms with Crippen LogP contribution in [0.5, 0.6) is 0 Å². The molecule has 0 atom stereocenters. The highest BCUT2D eigenvalue weighted by Gasteiger charge is 2.10. The van der Waals surface area contributed by atoms with Crippen LogP contribution in [0.2, 0.25) is 0 Å². The lowest BCUT2D eigenvalue weighted by atomic mass is 10.3. The number of hydrogen-bond donors (Lipinski definition) is 1. The van der Waals surface area contributed by atoms with Gasteiger partial charge < -0.3 is 4.57 Å². The standard InChI is InChI=1S/C12H13N5OS/c1-16-9-6-4-3-5-8(9)13-10(16)7-19-12-15-14-11(18)17(12)2/h3-6H,7H2,1-2H3,(H,14,18). The fraction of sp³-hybridized carbons (Fsp3) is 0.250. The number of para-hydroxylation sites is 2. The van der Waals surface area contributed by atoms with Crippen molar-refractivity contribution in [2.45, 2.75) is 10.9 Å². The van der Waals surface area contributed by atoms with Crippen LogP contribution in [0.3, 0.4) is 0 Å². The van der Waals surface area contributed by atoms with Gasteiger partial charge in [0.15, 0.2) is 5.16 Å². The molecule has 0 bridgehead atoms. The molecule has 0 radical (unpaired) electrons. The van der Waals surface area contributed by atoms with Gasteiger partial charge in [-0.2, -0.15) is 0 Å². The quantitative estimate of drug-likeness (QED) is 0.731. The third-order valence-electron chi connectivity index (χ3n) is 3.05. The van der Waals surface area contributed by atoms with Crippen molar-refractivity contribution in [2.75, 3.05) is 0 Å². The fourth-order valence-corrected chi connectivity index (χ4v) is 2.82. The number of aromatic nitrogens is 5. The zero-order valence-electron chi connectivity index (χ0n) is 10.6. The van der Waals surface area contributed by atoms with E-state index in [0.717, 1.165) is 16.9 Å². The van der Waals surface area contributed by atoms with Gasteiger partial charge in [0.1, 0.15) is 5.82 Å². The van der Waals surface area contributed by atoms with Gasteiger partial charge in [-0.15, -0.1) is 5.10 Å². The molecule has 3 rings (SSSR count). The van der Waals surface area contributed by atoms with Gasteiger partial charge in [-0.05, 0) is 12.1 Å².